The first kappa shape index (κ1) is 32.9. The predicted molar refractivity (Wildman–Crippen MR) is 149 cm³/mol. The van der Waals surface area contributed by atoms with Gasteiger partial charge < -0.3 is 19.8 Å². The van der Waals surface area contributed by atoms with Gasteiger partial charge in [0, 0.05) is 19.5 Å². The minimum absolute atomic E-state index is 0.310. The number of hydrazone groups is 1. The Labute approximate surface area is 218 Å². The normalized spacial score (nSPS) is 12.0. The van der Waals surface area contributed by atoms with Crippen molar-refractivity contribution in [3.63, 3.8) is 0 Å². The molecule has 0 bridgehead atoms. The van der Waals surface area contributed by atoms with Crippen LogP contribution >= 0.6 is 0 Å². The predicted octanol–water partition coefficient (Wildman–Crippen LogP) is 6.05. The summed E-state index contributed by atoms with van der Waals surface area (Å²) in [6, 6.07) is 7.58. The standard InChI is InChI=1S/C21H33N3O4.C8H14/c1-6-14-24(16-25)19(23-22-7-2)13-12-17-10-9-11-18(15-17)28-21(4,5)20(26)27-8-3;1-4-6-7-8(3)5-2/h9-11,15-16,22H,6-8,12-14H2,1-5H3;4,6-7H,5H2,1-3H3/b23-19-;6-4-,8-7-. The molecule has 202 valence electrons. The number of rotatable bonds is 14. The third kappa shape index (κ3) is 13.7. The molecule has 1 aromatic rings. The molecule has 0 heterocycles. The number of allylic oxidation sites excluding steroid dienone is 4. The van der Waals surface area contributed by atoms with Gasteiger partial charge >= 0.3 is 5.97 Å². The maximum atomic E-state index is 12.0. The highest BCUT2D eigenvalue weighted by Gasteiger charge is 2.31. The molecule has 1 rings (SSSR count). The highest BCUT2D eigenvalue weighted by atomic mass is 16.6. The van der Waals surface area contributed by atoms with Crippen molar-refractivity contribution in [1.29, 1.82) is 0 Å². The molecule has 0 aliphatic heterocycles. The Morgan fingerprint density at radius 2 is 1.92 bits per heavy atom. The smallest absolute Gasteiger partial charge is 0.349 e. The minimum atomic E-state index is -1.07. The molecule has 7 nitrogen and oxygen atoms in total. The Morgan fingerprint density at radius 3 is 2.47 bits per heavy atom. The van der Waals surface area contributed by atoms with Crippen LogP contribution in [0.25, 0.3) is 0 Å². The Bertz CT molecular complexity index is 860. The van der Waals surface area contributed by atoms with Gasteiger partial charge in [-0.25, -0.2) is 4.79 Å². The molecule has 0 saturated heterocycles. The number of ether oxygens (including phenoxy) is 2. The molecule has 0 aliphatic rings. The van der Waals surface area contributed by atoms with E-state index in [2.05, 4.69) is 36.5 Å². The van der Waals surface area contributed by atoms with Crippen LogP contribution in [-0.2, 0) is 20.7 Å². The Balaban J connectivity index is 0.00000131. The van der Waals surface area contributed by atoms with E-state index in [0.29, 0.717) is 44.1 Å². The molecule has 0 radical (unpaired) electrons. The molecule has 0 fully saturated rings. The van der Waals surface area contributed by atoms with Crippen molar-refractivity contribution in [2.75, 3.05) is 19.7 Å². The molecule has 1 amide bonds. The summed E-state index contributed by atoms with van der Waals surface area (Å²) in [6.45, 7) is 17.1. The van der Waals surface area contributed by atoms with Gasteiger partial charge in [0.05, 0.1) is 6.61 Å². The average Bonchev–Trinajstić information content (AvgIpc) is 2.86. The average molecular weight is 502 g/mol. The number of benzene rings is 1. The van der Waals surface area contributed by atoms with E-state index in [-0.39, 0.29) is 0 Å². The molecular formula is C29H47N3O4. The highest BCUT2D eigenvalue weighted by molar-refractivity contribution is 5.90. The van der Waals surface area contributed by atoms with E-state index < -0.39 is 11.6 Å². The fourth-order valence-corrected chi connectivity index (χ4v) is 2.96. The van der Waals surface area contributed by atoms with E-state index >= 15 is 0 Å². The molecule has 0 aromatic heterocycles. The van der Waals surface area contributed by atoms with Crippen LogP contribution in [-0.4, -0.2) is 48.4 Å². The van der Waals surface area contributed by atoms with Gasteiger partial charge in [0.15, 0.2) is 5.60 Å². The number of amidine groups is 1. The van der Waals surface area contributed by atoms with Gasteiger partial charge in [-0.15, -0.1) is 0 Å². The first-order chi connectivity index (χ1) is 17.2. The molecule has 7 heteroatoms. The Kier molecular flexibility index (Phi) is 17.5. The molecule has 0 spiro atoms. The first-order valence-electron chi connectivity index (χ1n) is 12.9. The van der Waals surface area contributed by atoms with E-state index in [1.54, 1.807) is 25.7 Å². The molecule has 0 aliphatic carbocycles. The Hall–Kier alpha value is -3.09. The molecular weight excluding hydrogens is 454 g/mol. The summed E-state index contributed by atoms with van der Waals surface area (Å²) in [5.41, 5.74) is 4.33. The molecule has 0 unspecified atom stereocenters. The zero-order chi connectivity index (χ0) is 27.4. The minimum Gasteiger partial charge on any atom is -0.476 e. The van der Waals surface area contributed by atoms with Crippen molar-refractivity contribution < 1.29 is 19.1 Å². The number of carbonyl (C=O) groups is 2. The summed E-state index contributed by atoms with van der Waals surface area (Å²) < 4.78 is 10.9. The van der Waals surface area contributed by atoms with Gasteiger partial charge in [-0.1, -0.05) is 49.8 Å². The van der Waals surface area contributed by atoms with Gasteiger partial charge in [-0.05, 0) is 78.5 Å². The van der Waals surface area contributed by atoms with Crippen molar-refractivity contribution in [3.8, 4) is 5.75 Å². The van der Waals surface area contributed by atoms with Crippen LogP contribution in [0.1, 0.15) is 80.2 Å². The topological polar surface area (TPSA) is 80.2 Å². The maximum absolute atomic E-state index is 12.0. The summed E-state index contributed by atoms with van der Waals surface area (Å²) in [6.07, 6.45) is 10.4. The van der Waals surface area contributed by atoms with E-state index in [4.69, 9.17) is 9.47 Å². The zero-order valence-corrected chi connectivity index (χ0v) is 23.6. The van der Waals surface area contributed by atoms with Gasteiger partial charge in [0.25, 0.3) is 0 Å². The maximum Gasteiger partial charge on any atom is 0.349 e. The largest absolute Gasteiger partial charge is 0.476 e. The van der Waals surface area contributed by atoms with Crippen LogP contribution in [0.15, 0.2) is 53.2 Å². The number of hydrogen-bond donors (Lipinski definition) is 1. The highest BCUT2D eigenvalue weighted by Crippen LogP contribution is 2.22. The molecule has 0 saturated carbocycles. The van der Waals surface area contributed by atoms with E-state index in [0.717, 1.165) is 24.8 Å². The number of aryl methyl sites for hydroxylation is 1. The van der Waals surface area contributed by atoms with Gasteiger partial charge in [-0.3, -0.25) is 4.79 Å². The number of carbonyl (C=O) groups excluding carboxylic acids is 2. The fraction of sp³-hybridized carbons (Fsp3) is 0.552. The molecule has 36 heavy (non-hydrogen) atoms. The zero-order valence-electron chi connectivity index (χ0n) is 23.6. The van der Waals surface area contributed by atoms with Crippen molar-refractivity contribution in [1.82, 2.24) is 10.3 Å². The molecule has 0 atom stereocenters. The molecule has 1 aromatic carbocycles. The van der Waals surface area contributed by atoms with Gasteiger partial charge in [0.2, 0.25) is 6.41 Å². The lowest BCUT2D eigenvalue weighted by Gasteiger charge is -2.24. The summed E-state index contributed by atoms with van der Waals surface area (Å²) in [5, 5.41) is 4.34. The van der Waals surface area contributed by atoms with E-state index in [9.17, 15) is 9.59 Å². The number of hydrogen-bond acceptors (Lipinski definition) is 6. The van der Waals surface area contributed by atoms with Crippen LogP contribution in [0.5, 0.6) is 5.75 Å². The lowest BCUT2D eigenvalue weighted by Crippen LogP contribution is -2.39. The second kappa shape index (κ2) is 19.1. The Morgan fingerprint density at radius 1 is 1.19 bits per heavy atom. The summed E-state index contributed by atoms with van der Waals surface area (Å²) >= 11 is 0. The second-order valence-corrected chi connectivity index (χ2v) is 8.71. The van der Waals surface area contributed by atoms with Crippen molar-refractivity contribution in [2.24, 2.45) is 5.10 Å². The van der Waals surface area contributed by atoms with Crippen LogP contribution in [0, 0.1) is 0 Å². The van der Waals surface area contributed by atoms with Gasteiger partial charge in [0.1, 0.15) is 11.6 Å². The van der Waals surface area contributed by atoms with E-state index in [1.165, 1.54) is 5.57 Å². The lowest BCUT2D eigenvalue weighted by molar-refractivity contribution is -0.158. The van der Waals surface area contributed by atoms with Crippen LogP contribution < -0.4 is 10.2 Å². The van der Waals surface area contributed by atoms with E-state index in [1.807, 2.05) is 51.1 Å². The first-order valence-corrected chi connectivity index (χ1v) is 12.9. The van der Waals surface area contributed by atoms with Gasteiger partial charge in [-0.2, -0.15) is 5.10 Å². The number of nitrogens with zero attached hydrogens (tertiary/aromatic N) is 2. The third-order valence-corrected chi connectivity index (χ3v) is 5.10. The number of amides is 1. The number of nitrogens with one attached hydrogen (secondary N) is 1. The lowest BCUT2D eigenvalue weighted by atomic mass is 10.1. The summed E-state index contributed by atoms with van der Waals surface area (Å²) in [5.74, 6) is 0.903. The molecule has 1 N–H and O–H groups in total. The summed E-state index contributed by atoms with van der Waals surface area (Å²) in [4.78, 5) is 25.1. The number of esters is 1. The van der Waals surface area contributed by atoms with Crippen molar-refractivity contribution in [2.45, 2.75) is 86.7 Å². The van der Waals surface area contributed by atoms with Crippen LogP contribution in [0.2, 0.25) is 0 Å². The fourth-order valence-electron chi connectivity index (χ4n) is 2.96. The SMILES string of the molecule is C/C=C\C=C(\C)CC.CCCN(C=O)/C(CCc1cccc(OC(C)(C)C(=O)OCC)c1)=N\NCC. The third-order valence-electron chi connectivity index (χ3n) is 5.10. The quantitative estimate of drug-likeness (QED) is 0.0838. The van der Waals surface area contributed by atoms with Crippen molar-refractivity contribution in [3.05, 3.63) is 53.6 Å². The van der Waals surface area contributed by atoms with Crippen LogP contribution in [0.3, 0.4) is 0 Å². The monoisotopic (exact) mass is 501 g/mol. The van der Waals surface area contributed by atoms with Crippen LogP contribution in [0.4, 0.5) is 0 Å². The van der Waals surface area contributed by atoms with Crippen molar-refractivity contribution >= 4 is 18.2 Å². The second-order valence-electron chi connectivity index (χ2n) is 8.71. The summed E-state index contributed by atoms with van der Waals surface area (Å²) in [7, 11) is 0.